The summed E-state index contributed by atoms with van der Waals surface area (Å²) in [7, 11) is -2.07. The van der Waals surface area contributed by atoms with Crippen molar-refractivity contribution in [1.29, 1.82) is 0 Å². The number of hydrogen-bond acceptors (Lipinski definition) is 6. The third-order valence-corrected chi connectivity index (χ3v) is 5.07. The van der Waals surface area contributed by atoms with Crippen molar-refractivity contribution in [3.8, 4) is 0 Å². The van der Waals surface area contributed by atoms with E-state index in [0.29, 0.717) is 5.13 Å². The van der Waals surface area contributed by atoms with Crippen molar-refractivity contribution < 1.29 is 8.42 Å². The number of thiazole rings is 1. The molecule has 0 amide bonds. The van der Waals surface area contributed by atoms with Gasteiger partial charge in [-0.2, -0.15) is 13.5 Å². The molecule has 0 saturated heterocycles. The lowest BCUT2D eigenvalue weighted by molar-refractivity contribution is 0.580. The highest BCUT2D eigenvalue weighted by Crippen LogP contribution is 2.23. The minimum atomic E-state index is -3.65. The molecule has 110 valence electrons. The molecule has 2 heterocycles. The molecule has 0 saturated carbocycles. The van der Waals surface area contributed by atoms with E-state index < -0.39 is 10.0 Å². The maximum Gasteiger partial charge on any atom is 0.280 e. The lowest BCUT2D eigenvalue weighted by Gasteiger charge is -2.08. The summed E-state index contributed by atoms with van der Waals surface area (Å²) >= 11 is 1.26. The third kappa shape index (κ3) is 3.17. The van der Waals surface area contributed by atoms with Crippen molar-refractivity contribution in [2.24, 2.45) is 7.05 Å². The lowest BCUT2D eigenvalue weighted by Crippen LogP contribution is -2.19. The Kier molecular flexibility index (Phi) is 4.41. The van der Waals surface area contributed by atoms with E-state index in [1.807, 2.05) is 19.2 Å². The molecule has 9 heteroatoms. The van der Waals surface area contributed by atoms with Gasteiger partial charge in [0.05, 0.1) is 11.9 Å². The molecule has 2 aromatic rings. The van der Waals surface area contributed by atoms with Crippen molar-refractivity contribution in [3.63, 3.8) is 0 Å². The second-order valence-electron chi connectivity index (χ2n) is 4.26. The Bertz CT molecular complexity index is 677. The fraction of sp³-hybridized carbons (Fsp3) is 0.455. The number of nitrogens with one attached hydrogen (secondary N) is 2. The lowest BCUT2D eigenvalue weighted by atomic mass is 10.3. The van der Waals surface area contributed by atoms with Crippen LogP contribution in [-0.4, -0.2) is 29.7 Å². The highest BCUT2D eigenvalue weighted by Gasteiger charge is 2.20. The summed E-state index contributed by atoms with van der Waals surface area (Å²) in [5.41, 5.74) is 0.819. The van der Waals surface area contributed by atoms with Gasteiger partial charge in [-0.1, -0.05) is 6.92 Å². The van der Waals surface area contributed by atoms with Crippen LogP contribution in [0, 0.1) is 0 Å². The van der Waals surface area contributed by atoms with Crippen LogP contribution in [0.5, 0.6) is 0 Å². The number of rotatable bonds is 6. The Morgan fingerprint density at radius 2 is 2.25 bits per heavy atom. The Morgan fingerprint density at radius 3 is 2.85 bits per heavy atom. The SMILES string of the molecule is CCNC(C)c1csc(NS(=O)(=O)c2ccnn2C)n1. The summed E-state index contributed by atoms with van der Waals surface area (Å²) in [4.78, 5) is 4.29. The van der Waals surface area contributed by atoms with Gasteiger partial charge in [0, 0.05) is 18.5 Å². The van der Waals surface area contributed by atoms with Crippen LogP contribution in [0.2, 0.25) is 0 Å². The Labute approximate surface area is 122 Å². The van der Waals surface area contributed by atoms with Crippen molar-refractivity contribution in [3.05, 3.63) is 23.3 Å². The van der Waals surface area contributed by atoms with Gasteiger partial charge in [-0.3, -0.25) is 9.40 Å². The molecule has 0 aliphatic carbocycles. The van der Waals surface area contributed by atoms with E-state index in [9.17, 15) is 8.42 Å². The minimum Gasteiger partial charge on any atom is -0.309 e. The Hall–Kier alpha value is -1.45. The first kappa shape index (κ1) is 14.9. The summed E-state index contributed by atoms with van der Waals surface area (Å²) in [5, 5.41) is 9.38. The molecule has 0 aromatic carbocycles. The van der Waals surface area contributed by atoms with E-state index in [0.717, 1.165) is 12.2 Å². The van der Waals surface area contributed by atoms with Crippen LogP contribution >= 0.6 is 11.3 Å². The molecule has 2 N–H and O–H groups in total. The summed E-state index contributed by atoms with van der Waals surface area (Å²) in [6, 6.07) is 1.53. The number of aryl methyl sites for hydroxylation is 1. The molecule has 0 radical (unpaired) electrons. The fourth-order valence-electron chi connectivity index (χ4n) is 1.74. The smallest absolute Gasteiger partial charge is 0.280 e. The summed E-state index contributed by atoms with van der Waals surface area (Å²) in [6.45, 7) is 4.82. The molecule has 0 spiro atoms. The third-order valence-electron chi connectivity index (χ3n) is 2.75. The predicted octanol–water partition coefficient (Wildman–Crippen LogP) is 1.35. The van der Waals surface area contributed by atoms with Gasteiger partial charge >= 0.3 is 0 Å². The van der Waals surface area contributed by atoms with E-state index >= 15 is 0 Å². The zero-order valence-electron chi connectivity index (χ0n) is 11.5. The minimum absolute atomic E-state index is 0.0891. The molecular formula is C11H17N5O2S2. The summed E-state index contributed by atoms with van der Waals surface area (Å²) in [6.07, 6.45) is 1.44. The number of hydrogen-bond donors (Lipinski definition) is 2. The maximum absolute atomic E-state index is 12.2. The van der Waals surface area contributed by atoms with Gasteiger partial charge in [0.25, 0.3) is 10.0 Å². The number of anilines is 1. The molecule has 7 nitrogen and oxygen atoms in total. The van der Waals surface area contributed by atoms with Gasteiger partial charge in [0.2, 0.25) is 0 Å². The van der Waals surface area contributed by atoms with Crippen LogP contribution in [0.1, 0.15) is 25.6 Å². The van der Waals surface area contributed by atoms with Crippen LogP contribution in [0.15, 0.2) is 22.7 Å². The zero-order valence-corrected chi connectivity index (χ0v) is 13.1. The van der Waals surface area contributed by atoms with Crippen molar-refractivity contribution in [2.75, 3.05) is 11.3 Å². The van der Waals surface area contributed by atoms with Gasteiger partial charge in [-0.15, -0.1) is 11.3 Å². The normalized spacial score (nSPS) is 13.3. The molecule has 1 atom stereocenters. The van der Waals surface area contributed by atoms with Crippen molar-refractivity contribution in [2.45, 2.75) is 24.9 Å². The standard InChI is InChI=1S/C11H17N5O2S2/c1-4-12-8(2)9-7-19-11(14-9)15-20(17,18)10-5-6-13-16(10)3/h5-8,12H,4H2,1-3H3,(H,14,15). The second kappa shape index (κ2) is 5.90. The first-order valence-corrected chi connectivity index (χ1v) is 8.50. The van der Waals surface area contributed by atoms with Crippen LogP contribution in [0.25, 0.3) is 0 Å². The van der Waals surface area contributed by atoms with E-state index in [4.69, 9.17) is 0 Å². The van der Waals surface area contributed by atoms with Gasteiger partial charge in [0.1, 0.15) is 0 Å². The van der Waals surface area contributed by atoms with Gasteiger partial charge in [-0.25, -0.2) is 4.98 Å². The number of aromatic nitrogens is 3. The monoisotopic (exact) mass is 315 g/mol. The molecular weight excluding hydrogens is 298 g/mol. The van der Waals surface area contributed by atoms with Crippen LogP contribution in [0.4, 0.5) is 5.13 Å². The quantitative estimate of drug-likeness (QED) is 0.840. The fourth-order valence-corrected chi connectivity index (χ4v) is 3.92. The average Bonchev–Trinajstić information content (AvgIpc) is 2.98. The predicted molar refractivity (Wildman–Crippen MR) is 78.2 cm³/mol. The molecule has 0 fully saturated rings. The first-order chi connectivity index (χ1) is 9.44. The molecule has 0 aliphatic heterocycles. The molecule has 20 heavy (non-hydrogen) atoms. The average molecular weight is 315 g/mol. The van der Waals surface area contributed by atoms with Crippen molar-refractivity contribution in [1.82, 2.24) is 20.1 Å². The molecule has 2 rings (SSSR count). The van der Waals surface area contributed by atoms with E-state index in [1.165, 1.54) is 28.3 Å². The summed E-state index contributed by atoms with van der Waals surface area (Å²) in [5.74, 6) is 0. The van der Waals surface area contributed by atoms with E-state index in [2.05, 4.69) is 20.1 Å². The van der Waals surface area contributed by atoms with Crippen molar-refractivity contribution >= 4 is 26.5 Å². The molecule has 0 bridgehead atoms. The number of nitrogens with zero attached hydrogens (tertiary/aromatic N) is 3. The van der Waals surface area contributed by atoms with Gasteiger partial charge < -0.3 is 5.32 Å². The molecule has 0 aliphatic rings. The van der Waals surface area contributed by atoms with E-state index in [1.54, 1.807) is 7.05 Å². The number of sulfonamides is 1. The van der Waals surface area contributed by atoms with Gasteiger partial charge in [0.15, 0.2) is 10.2 Å². The van der Waals surface area contributed by atoms with E-state index in [-0.39, 0.29) is 11.1 Å². The topological polar surface area (TPSA) is 88.9 Å². The van der Waals surface area contributed by atoms with Gasteiger partial charge in [-0.05, 0) is 19.5 Å². The molecule has 2 aromatic heterocycles. The zero-order chi connectivity index (χ0) is 14.8. The summed E-state index contributed by atoms with van der Waals surface area (Å²) < 4.78 is 28.1. The highest BCUT2D eigenvalue weighted by molar-refractivity contribution is 7.92. The van der Waals surface area contributed by atoms with Crippen LogP contribution in [0.3, 0.4) is 0 Å². The highest BCUT2D eigenvalue weighted by atomic mass is 32.2. The first-order valence-electron chi connectivity index (χ1n) is 6.13. The Balaban J connectivity index is 2.17. The second-order valence-corrected chi connectivity index (χ2v) is 6.74. The van der Waals surface area contributed by atoms with Crippen LogP contribution in [-0.2, 0) is 17.1 Å². The molecule has 1 unspecified atom stereocenters. The van der Waals surface area contributed by atoms with Crippen LogP contribution < -0.4 is 10.0 Å². The Morgan fingerprint density at radius 1 is 1.50 bits per heavy atom. The largest absolute Gasteiger partial charge is 0.309 e. The maximum atomic E-state index is 12.2.